The third kappa shape index (κ3) is 5.79. The lowest BCUT2D eigenvalue weighted by Gasteiger charge is -2.36. The highest BCUT2D eigenvalue weighted by Gasteiger charge is 2.32. The van der Waals surface area contributed by atoms with Gasteiger partial charge in [-0.2, -0.15) is 0 Å². The van der Waals surface area contributed by atoms with Crippen molar-refractivity contribution < 1.29 is 9.84 Å². The second-order valence-electron chi connectivity index (χ2n) is 9.06. The van der Waals surface area contributed by atoms with Crippen LogP contribution >= 0.6 is 12.4 Å². The van der Waals surface area contributed by atoms with Gasteiger partial charge in [-0.25, -0.2) is 0 Å². The van der Waals surface area contributed by atoms with Gasteiger partial charge in [-0.1, -0.05) is 84.9 Å². The van der Waals surface area contributed by atoms with E-state index in [1.807, 2.05) is 18.2 Å². The fourth-order valence-electron chi connectivity index (χ4n) is 5.01. The molecule has 3 unspecified atom stereocenters. The molecule has 34 heavy (non-hydrogen) atoms. The van der Waals surface area contributed by atoms with Gasteiger partial charge in [0, 0.05) is 12.5 Å². The molecule has 0 amide bonds. The Hall–Kier alpha value is -2.85. The van der Waals surface area contributed by atoms with Gasteiger partial charge in [-0.3, -0.25) is 0 Å². The zero-order chi connectivity index (χ0) is 22.5. The van der Waals surface area contributed by atoms with Gasteiger partial charge in [0.15, 0.2) is 0 Å². The molecule has 1 aliphatic heterocycles. The zero-order valence-electron chi connectivity index (χ0n) is 19.3. The highest BCUT2D eigenvalue weighted by Crippen LogP contribution is 2.34. The molecule has 0 radical (unpaired) electrons. The number of piperidine rings is 1. The third-order valence-electron chi connectivity index (χ3n) is 6.84. The SMILES string of the molecule is Cl.OC(Cc1ccc2ccccc2c1)C1CNCCC1c1ccc(OCc2ccccc2)cc1. The number of halogens is 1. The monoisotopic (exact) mass is 473 g/mol. The Morgan fingerprint density at radius 2 is 1.56 bits per heavy atom. The lowest BCUT2D eigenvalue weighted by molar-refractivity contribution is 0.0788. The number of fused-ring (bicyclic) bond motifs is 1. The summed E-state index contributed by atoms with van der Waals surface area (Å²) >= 11 is 0. The summed E-state index contributed by atoms with van der Waals surface area (Å²) in [6, 6.07) is 33.6. The molecule has 4 aromatic rings. The van der Waals surface area contributed by atoms with Crippen LogP contribution in [0.3, 0.4) is 0 Å². The van der Waals surface area contributed by atoms with Crippen LogP contribution in [0.5, 0.6) is 5.75 Å². The van der Waals surface area contributed by atoms with E-state index in [1.165, 1.54) is 21.9 Å². The predicted molar refractivity (Wildman–Crippen MR) is 142 cm³/mol. The topological polar surface area (TPSA) is 41.5 Å². The first kappa shape index (κ1) is 24.3. The number of benzene rings is 4. The van der Waals surface area contributed by atoms with Crippen LogP contribution in [0, 0.1) is 5.92 Å². The normalized spacial score (nSPS) is 18.7. The van der Waals surface area contributed by atoms with Gasteiger partial charge in [-0.05, 0) is 64.9 Å². The molecule has 0 bridgehead atoms. The van der Waals surface area contributed by atoms with Gasteiger partial charge < -0.3 is 15.2 Å². The minimum Gasteiger partial charge on any atom is -0.489 e. The Kier molecular flexibility index (Phi) is 8.23. The lowest BCUT2D eigenvalue weighted by Crippen LogP contribution is -2.42. The molecular formula is C30H32ClNO2. The Bertz CT molecular complexity index is 1180. The summed E-state index contributed by atoms with van der Waals surface area (Å²) in [5.74, 6) is 1.40. The van der Waals surface area contributed by atoms with E-state index in [1.54, 1.807) is 0 Å². The summed E-state index contributed by atoms with van der Waals surface area (Å²) in [5.41, 5.74) is 3.64. The largest absolute Gasteiger partial charge is 0.489 e. The molecule has 0 aliphatic carbocycles. The standard InChI is InChI=1S/C30H31NO2.ClH/c32-30(19-23-10-11-24-8-4-5-9-26(24)18-23)29-20-31-17-16-28(29)25-12-14-27(15-13-25)33-21-22-6-2-1-3-7-22;/h1-15,18,28-32H,16-17,19-21H2;1H. The molecule has 0 aromatic heterocycles. The number of hydrogen-bond acceptors (Lipinski definition) is 3. The fraction of sp³-hybridized carbons (Fsp3) is 0.267. The van der Waals surface area contributed by atoms with Gasteiger partial charge in [-0.15, -0.1) is 12.4 Å². The number of aliphatic hydroxyl groups excluding tert-OH is 1. The summed E-state index contributed by atoms with van der Waals surface area (Å²) in [4.78, 5) is 0. The minimum absolute atomic E-state index is 0. The van der Waals surface area contributed by atoms with E-state index < -0.39 is 6.10 Å². The van der Waals surface area contributed by atoms with Gasteiger partial charge in [0.25, 0.3) is 0 Å². The summed E-state index contributed by atoms with van der Waals surface area (Å²) in [5, 5.41) is 17.2. The number of nitrogens with one attached hydrogen (secondary N) is 1. The molecule has 5 rings (SSSR count). The van der Waals surface area contributed by atoms with Crippen LogP contribution in [0.1, 0.15) is 29.0 Å². The first-order valence-corrected chi connectivity index (χ1v) is 11.9. The molecule has 1 aliphatic rings. The fourth-order valence-corrected chi connectivity index (χ4v) is 5.01. The second-order valence-corrected chi connectivity index (χ2v) is 9.06. The van der Waals surface area contributed by atoms with E-state index >= 15 is 0 Å². The van der Waals surface area contributed by atoms with Crippen LogP contribution in [-0.4, -0.2) is 24.3 Å². The van der Waals surface area contributed by atoms with Crippen molar-refractivity contribution in [3.05, 3.63) is 114 Å². The quantitative estimate of drug-likeness (QED) is 0.339. The number of ether oxygens (including phenoxy) is 1. The predicted octanol–water partition coefficient (Wildman–Crippen LogP) is 6.14. The van der Waals surface area contributed by atoms with Crippen LogP contribution in [0.2, 0.25) is 0 Å². The number of rotatable bonds is 7. The Morgan fingerprint density at radius 1 is 0.824 bits per heavy atom. The van der Waals surface area contributed by atoms with Crippen molar-refractivity contribution in [2.75, 3.05) is 13.1 Å². The molecule has 3 nitrogen and oxygen atoms in total. The van der Waals surface area contributed by atoms with Gasteiger partial charge >= 0.3 is 0 Å². The molecular weight excluding hydrogens is 442 g/mol. The van der Waals surface area contributed by atoms with Gasteiger partial charge in [0.1, 0.15) is 12.4 Å². The Morgan fingerprint density at radius 3 is 2.35 bits per heavy atom. The summed E-state index contributed by atoms with van der Waals surface area (Å²) in [6.45, 7) is 2.39. The summed E-state index contributed by atoms with van der Waals surface area (Å²) in [6.07, 6.45) is 1.31. The zero-order valence-corrected chi connectivity index (χ0v) is 20.1. The van der Waals surface area contributed by atoms with Crippen molar-refractivity contribution in [3.8, 4) is 5.75 Å². The number of aliphatic hydroxyl groups is 1. The molecule has 2 N–H and O–H groups in total. The molecule has 1 saturated heterocycles. The summed E-state index contributed by atoms with van der Waals surface area (Å²) < 4.78 is 5.96. The highest BCUT2D eigenvalue weighted by molar-refractivity contribution is 5.85. The van der Waals surface area contributed by atoms with E-state index in [-0.39, 0.29) is 18.3 Å². The van der Waals surface area contributed by atoms with Crippen LogP contribution in [0.15, 0.2) is 97.1 Å². The van der Waals surface area contributed by atoms with E-state index in [4.69, 9.17) is 4.74 Å². The Balaban J connectivity index is 0.00000274. The molecule has 0 spiro atoms. The van der Waals surface area contributed by atoms with Crippen molar-refractivity contribution in [2.45, 2.75) is 31.5 Å². The maximum atomic E-state index is 11.2. The number of hydrogen-bond donors (Lipinski definition) is 2. The van der Waals surface area contributed by atoms with Crippen LogP contribution in [0.25, 0.3) is 10.8 Å². The summed E-state index contributed by atoms with van der Waals surface area (Å²) in [7, 11) is 0. The smallest absolute Gasteiger partial charge is 0.119 e. The van der Waals surface area contributed by atoms with Gasteiger partial charge in [0.05, 0.1) is 6.10 Å². The second kappa shape index (κ2) is 11.5. The first-order chi connectivity index (χ1) is 16.3. The van der Waals surface area contributed by atoms with E-state index in [0.29, 0.717) is 18.9 Å². The molecule has 1 heterocycles. The van der Waals surface area contributed by atoms with E-state index in [9.17, 15) is 5.11 Å². The van der Waals surface area contributed by atoms with Crippen LogP contribution < -0.4 is 10.1 Å². The van der Waals surface area contributed by atoms with Crippen LogP contribution in [-0.2, 0) is 13.0 Å². The molecule has 3 atom stereocenters. The highest BCUT2D eigenvalue weighted by atomic mass is 35.5. The van der Waals surface area contributed by atoms with Crippen molar-refractivity contribution in [1.29, 1.82) is 0 Å². The molecule has 0 saturated carbocycles. The third-order valence-corrected chi connectivity index (χ3v) is 6.84. The maximum absolute atomic E-state index is 11.2. The van der Waals surface area contributed by atoms with E-state index in [0.717, 1.165) is 30.8 Å². The maximum Gasteiger partial charge on any atom is 0.119 e. The average Bonchev–Trinajstić information content (AvgIpc) is 2.88. The lowest BCUT2D eigenvalue weighted by atomic mass is 9.76. The molecule has 4 aromatic carbocycles. The minimum atomic E-state index is -0.391. The van der Waals surface area contributed by atoms with Crippen molar-refractivity contribution in [2.24, 2.45) is 5.92 Å². The van der Waals surface area contributed by atoms with E-state index in [2.05, 4.69) is 84.2 Å². The van der Waals surface area contributed by atoms with Crippen molar-refractivity contribution in [1.82, 2.24) is 5.32 Å². The van der Waals surface area contributed by atoms with Gasteiger partial charge in [0.2, 0.25) is 0 Å². The molecule has 176 valence electrons. The molecule has 1 fully saturated rings. The first-order valence-electron chi connectivity index (χ1n) is 11.9. The van der Waals surface area contributed by atoms with Crippen LogP contribution in [0.4, 0.5) is 0 Å². The molecule has 4 heteroatoms. The van der Waals surface area contributed by atoms with Crippen molar-refractivity contribution in [3.63, 3.8) is 0 Å². The average molecular weight is 474 g/mol. The Labute approximate surface area is 208 Å². The van der Waals surface area contributed by atoms with Crippen molar-refractivity contribution >= 4 is 23.2 Å².